The van der Waals surface area contributed by atoms with E-state index in [4.69, 9.17) is 0 Å². The monoisotopic (exact) mass is 165 g/mol. The van der Waals surface area contributed by atoms with Crippen LogP contribution in [0.5, 0.6) is 0 Å². The van der Waals surface area contributed by atoms with Crippen LogP contribution in [0.15, 0.2) is 0 Å². The van der Waals surface area contributed by atoms with Crippen LogP contribution in [0, 0.1) is 0 Å². The van der Waals surface area contributed by atoms with Gasteiger partial charge >= 0.3 is 6.03 Å². The minimum absolute atomic E-state index is 0.475. The van der Waals surface area contributed by atoms with Crippen molar-refractivity contribution >= 4 is 17.3 Å². The minimum atomic E-state index is -2.51. The minimum Gasteiger partial charge on any atom is -0.755 e. The Labute approximate surface area is 61.8 Å². The van der Waals surface area contributed by atoms with Gasteiger partial charge in [0, 0.05) is 24.9 Å². The summed E-state index contributed by atoms with van der Waals surface area (Å²) in [5, 5.41) is 0. The summed E-state index contributed by atoms with van der Waals surface area (Å²) in [4.78, 5) is 11.9. The van der Waals surface area contributed by atoms with E-state index in [-0.39, 0.29) is 0 Å². The zero-order valence-corrected chi connectivity index (χ0v) is 6.60. The first kappa shape index (κ1) is 9.38. The Morgan fingerprint density at radius 2 is 2.30 bits per heavy atom. The normalized spacial score (nSPS) is 12.3. The van der Waals surface area contributed by atoms with E-state index < -0.39 is 17.3 Å². The van der Waals surface area contributed by atoms with Crippen LogP contribution < -0.4 is 4.72 Å². The van der Waals surface area contributed by atoms with Gasteiger partial charge in [-0.2, -0.15) is 0 Å². The quantitative estimate of drug-likeness (QED) is 0.557. The number of urea groups is 1. The summed E-state index contributed by atoms with van der Waals surface area (Å²) in [5.41, 5.74) is 0. The first-order valence-corrected chi connectivity index (χ1v) is 3.76. The molecule has 0 heterocycles. The lowest BCUT2D eigenvalue weighted by Crippen LogP contribution is -2.37. The predicted octanol–water partition coefficient (Wildman–Crippen LogP) is -0.558. The Morgan fingerprint density at radius 3 is 2.60 bits per heavy atom. The average Bonchev–Trinajstić information content (AvgIpc) is 1.85. The second kappa shape index (κ2) is 4.24. The smallest absolute Gasteiger partial charge is 0.328 e. The van der Waals surface area contributed by atoms with E-state index in [0.29, 0.717) is 6.54 Å². The second-order valence-corrected chi connectivity index (χ2v) is 2.33. The molecule has 6 heteroatoms. The van der Waals surface area contributed by atoms with Crippen LogP contribution in [-0.2, 0) is 11.3 Å². The molecule has 10 heavy (non-hydrogen) atoms. The van der Waals surface area contributed by atoms with E-state index in [0.717, 1.165) is 0 Å². The molecule has 2 amide bonds. The van der Waals surface area contributed by atoms with E-state index in [9.17, 15) is 13.6 Å². The highest BCUT2D eigenvalue weighted by Gasteiger charge is 2.03. The molecule has 0 spiro atoms. The molecule has 0 aliphatic carbocycles. The molecule has 60 valence electrons. The summed E-state index contributed by atoms with van der Waals surface area (Å²) in [6.07, 6.45) is 0. The molecule has 0 bridgehead atoms. The van der Waals surface area contributed by atoms with Crippen molar-refractivity contribution in [3.63, 3.8) is 0 Å². The number of hydrogen-bond donors (Lipinski definition) is 1. The van der Waals surface area contributed by atoms with Crippen LogP contribution in [0.2, 0.25) is 0 Å². The molecule has 0 aromatic heterocycles. The number of amides is 2. The Morgan fingerprint density at radius 1 is 1.80 bits per heavy atom. The summed E-state index contributed by atoms with van der Waals surface area (Å²) in [6.45, 7) is 2.22. The molecule has 0 rings (SSSR count). The van der Waals surface area contributed by atoms with Crippen molar-refractivity contribution in [2.24, 2.45) is 0 Å². The number of carbonyl (C=O) groups excluding carboxylic acids is 1. The van der Waals surface area contributed by atoms with E-state index in [1.165, 1.54) is 11.9 Å². The number of carbonyl (C=O) groups is 1. The molecular formula is C4H9N2O3S-. The number of nitrogens with one attached hydrogen (secondary N) is 1. The molecule has 0 aliphatic heterocycles. The van der Waals surface area contributed by atoms with Gasteiger partial charge in [0.2, 0.25) is 0 Å². The van der Waals surface area contributed by atoms with Crippen LogP contribution in [0.4, 0.5) is 4.79 Å². The maximum absolute atomic E-state index is 10.6. The molecule has 0 aliphatic rings. The van der Waals surface area contributed by atoms with Crippen LogP contribution in [0.25, 0.3) is 0 Å². The number of nitrogens with zero attached hydrogens (tertiary/aromatic N) is 1. The second-order valence-electron chi connectivity index (χ2n) is 1.66. The van der Waals surface area contributed by atoms with Crippen molar-refractivity contribution in [1.82, 2.24) is 9.62 Å². The van der Waals surface area contributed by atoms with E-state index in [1.54, 1.807) is 11.6 Å². The Bertz CT molecular complexity index is 149. The van der Waals surface area contributed by atoms with Crippen molar-refractivity contribution in [2.75, 3.05) is 13.6 Å². The number of hydrogen-bond acceptors (Lipinski definition) is 3. The van der Waals surface area contributed by atoms with Gasteiger partial charge in [0.05, 0.1) is 0 Å². The third kappa shape index (κ3) is 3.41. The predicted molar refractivity (Wildman–Crippen MR) is 35.8 cm³/mol. The molecular weight excluding hydrogens is 156 g/mol. The van der Waals surface area contributed by atoms with Crippen LogP contribution in [-0.4, -0.2) is 33.3 Å². The third-order valence-electron chi connectivity index (χ3n) is 0.992. The van der Waals surface area contributed by atoms with E-state index in [2.05, 4.69) is 0 Å². The lowest BCUT2D eigenvalue weighted by Gasteiger charge is -2.15. The third-order valence-corrected chi connectivity index (χ3v) is 1.33. The molecule has 1 N–H and O–H groups in total. The van der Waals surface area contributed by atoms with Gasteiger partial charge < -0.3 is 9.45 Å². The number of rotatable bonds is 2. The summed E-state index contributed by atoms with van der Waals surface area (Å²) in [7, 11) is 1.50. The fraction of sp³-hybridized carbons (Fsp3) is 0.750. The lowest BCUT2D eigenvalue weighted by molar-refractivity contribution is 0.216. The van der Waals surface area contributed by atoms with Gasteiger partial charge in [0.25, 0.3) is 0 Å². The molecule has 0 fully saturated rings. The standard InChI is InChI=1S/C4H10N2O3S/c1-3-6(2)4(7)5-10(8)9/h3H2,1-2H3,(H,5,7)(H,8,9)/p-1. The molecule has 1 unspecified atom stereocenters. The molecule has 0 saturated heterocycles. The van der Waals surface area contributed by atoms with Gasteiger partial charge in [-0.1, -0.05) is 0 Å². The fourth-order valence-corrected chi connectivity index (χ4v) is 0.591. The zero-order valence-electron chi connectivity index (χ0n) is 5.79. The molecule has 0 aromatic rings. The summed E-state index contributed by atoms with van der Waals surface area (Å²) < 4.78 is 21.4. The average molecular weight is 165 g/mol. The zero-order chi connectivity index (χ0) is 8.15. The molecule has 5 nitrogen and oxygen atoms in total. The van der Waals surface area contributed by atoms with Crippen LogP contribution in [0.1, 0.15) is 6.92 Å². The largest absolute Gasteiger partial charge is 0.755 e. The maximum Gasteiger partial charge on any atom is 0.328 e. The lowest BCUT2D eigenvalue weighted by atomic mass is 10.6. The highest BCUT2D eigenvalue weighted by molar-refractivity contribution is 7.77. The van der Waals surface area contributed by atoms with E-state index in [1.807, 2.05) is 0 Å². The topological polar surface area (TPSA) is 72.5 Å². The van der Waals surface area contributed by atoms with Crippen LogP contribution in [0.3, 0.4) is 0 Å². The first-order valence-electron chi connectivity index (χ1n) is 2.69. The van der Waals surface area contributed by atoms with E-state index >= 15 is 0 Å². The summed E-state index contributed by atoms with van der Waals surface area (Å²) in [5.74, 6) is 0. The summed E-state index contributed by atoms with van der Waals surface area (Å²) >= 11 is -2.51. The van der Waals surface area contributed by atoms with Crippen molar-refractivity contribution in [2.45, 2.75) is 6.92 Å². The van der Waals surface area contributed by atoms with Crippen LogP contribution >= 0.6 is 0 Å². The Kier molecular flexibility index (Phi) is 3.97. The fourth-order valence-electron chi connectivity index (χ4n) is 0.293. The van der Waals surface area contributed by atoms with Crippen molar-refractivity contribution in [3.05, 3.63) is 0 Å². The van der Waals surface area contributed by atoms with Gasteiger partial charge in [-0.05, 0) is 6.92 Å². The van der Waals surface area contributed by atoms with Gasteiger partial charge in [-0.3, -0.25) is 8.93 Å². The maximum atomic E-state index is 10.6. The van der Waals surface area contributed by atoms with Gasteiger partial charge in [0.15, 0.2) is 0 Å². The molecule has 1 atom stereocenters. The van der Waals surface area contributed by atoms with Crippen molar-refractivity contribution < 1.29 is 13.6 Å². The Balaban J connectivity index is 3.73. The summed E-state index contributed by atoms with van der Waals surface area (Å²) in [6, 6.07) is -0.615. The van der Waals surface area contributed by atoms with Crippen molar-refractivity contribution in [1.29, 1.82) is 0 Å². The first-order chi connectivity index (χ1) is 4.57. The molecule has 0 saturated carbocycles. The SMILES string of the molecule is CCN(C)C(=O)NS(=O)[O-]. The highest BCUT2D eigenvalue weighted by atomic mass is 32.2. The molecule has 0 radical (unpaired) electrons. The molecule has 0 aromatic carbocycles. The Hall–Kier alpha value is -0.620. The highest BCUT2D eigenvalue weighted by Crippen LogP contribution is 1.81. The van der Waals surface area contributed by atoms with Gasteiger partial charge in [-0.15, -0.1) is 0 Å². The van der Waals surface area contributed by atoms with Gasteiger partial charge in [-0.25, -0.2) is 4.79 Å². The van der Waals surface area contributed by atoms with Crippen molar-refractivity contribution in [3.8, 4) is 0 Å². The van der Waals surface area contributed by atoms with Gasteiger partial charge in [0.1, 0.15) is 0 Å².